The summed E-state index contributed by atoms with van der Waals surface area (Å²) >= 11 is 6.06. The number of halogens is 1. The van der Waals surface area contributed by atoms with Crippen molar-refractivity contribution in [2.45, 2.75) is 26.3 Å². The van der Waals surface area contributed by atoms with Gasteiger partial charge in [-0.25, -0.2) is 4.98 Å². The maximum absolute atomic E-state index is 6.06. The third-order valence-corrected chi connectivity index (χ3v) is 3.54. The summed E-state index contributed by atoms with van der Waals surface area (Å²) in [6.45, 7) is 6.25. The lowest BCUT2D eigenvalue weighted by Crippen LogP contribution is -2.32. The van der Waals surface area contributed by atoms with Crippen LogP contribution in [0.25, 0.3) is 11.2 Å². The Kier molecular flexibility index (Phi) is 4.74. The van der Waals surface area contributed by atoms with Crippen LogP contribution in [0.5, 0.6) is 5.88 Å². The summed E-state index contributed by atoms with van der Waals surface area (Å²) < 4.78 is 7.33. The number of ether oxygens (including phenoxy) is 1. The second kappa shape index (κ2) is 6.20. The first-order valence-corrected chi connectivity index (χ1v) is 7.50. The average Bonchev–Trinajstić information content (AvgIpc) is 2.73. The van der Waals surface area contributed by atoms with Gasteiger partial charge in [0, 0.05) is 19.2 Å². The van der Waals surface area contributed by atoms with Crippen LogP contribution in [0.15, 0.2) is 12.1 Å². The molecule has 0 atom stereocenters. The Balaban J connectivity index is 2.45. The minimum Gasteiger partial charge on any atom is -0.481 e. The Morgan fingerprint density at radius 3 is 2.57 bits per heavy atom. The highest BCUT2D eigenvalue weighted by atomic mass is 35.5. The standard InChI is InChI=1S/C15H23ClN4O/c1-15(2,9-19(3)4)10-20-12(8-16)17-11-6-7-13(21-5)18-14(11)20/h6-7H,8-10H2,1-5H3. The maximum atomic E-state index is 6.06. The van der Waals surface area contributed by atoms with Gasteiger partial charge in [-0.1, -0.05) is 13.8 Å². The Morgan fingerprint density at radius 1 is 1.29 bits per heavy atom. The van der Waals surface area contributed by atoms with Crippen LogP contribution in [0.1, 0.15) is 19.7 Å². The smallest absolute Gasteiger partial charge is 0.215 e. The van der Waals surface area contributed by atoms with Crippen molar-refractivity contribution in [2.75, 3.05) is 27.7 Å². The van der Waals surface area contributed by atoms with Crippen molar-refractivity contribution in [2.24, 2.45) is 5.41 Å². The van der Waals surface area contributed by atoms with E-state index in [4.69, 9.17) is 16.3 Å². The molecule has 0 aliphatic heterocycles. The molecule has 2 aromatic heterocycles. The van der Waals surface area contributed by atoms with Gasteiger partial charge in [-0.2, -0.15) is 4.98 Å². The van der Waals surface area contributed by atoms with Crippen molar-refractivity contribution in [1.82, 2.24) is 19.4 Å². The van der Waals surface area contributed by atoms with E-state index < -0.39 is 0 Å². The van der Waals surface area contributed by atoms with E-state index in [-0.39, 0.29) is 5.41 Å². The van der Waals surface area contributed by atoms with E-state index in [2.05, 4.69) is 47.4 Å². The van der Waals surface area contributed by atoms with Gasteiger partial charge in [0.05, 0.1) is 13.0 Å². The molecule has 0 saturated heterocycles. The van der Waals surface area contributed by atoms with Gasteiger partial charge in [-0.05, 0) is 25.6 Å². The second-order valence-electron chi connectivity index (χ2n) is 6.35. The van der Waals surface area contributed by atoms with E-state index >= 15 is 0 Å². The van der Waals surface area contributed by atoms with E-state index in [1.807, 2.05) is 12.1 Å². The number of rotatable bonds is 6. The normalized spacial score (nSPS) is 12.3. The molecule has 0 N–H and O–H groups in total. The molecule has 6 heteroatoms. The highest BCUT2D eigenvalue weighted by Crippen LogP contribution is 2.25. The highest BCUT2D eigenvalue weighted by Gasteiger charge is 2.23. The lowest BCUT2D eigenvalue weighted by Gasteiger charge is -2.29. The summed E-state index contributed by atoms with van der Waals surface area (Å²) in [5.74, 6) is 1.81. The SMILES string of the molecule is COc1ccc2nc(CCl)n(CC(C)(C)CN(C)C)c2n1. The Morgan fingerprint density at radius 2 is 2.00 bits per heavy atom. The third kappa shape index (κ3) is 3.66. The van der Waals surface area contributed by atoms with Gasteiger partial charge in [-0.15, -0.1) is 11.6 Å². The van der Waals surface area contributed by atoms with Crippen molar-refractivity contribution >= 4 is 22.8 Å². The number of alkyl halides is 1. The molecule has 2 rings (SSSR count). The molecule has 116 valence electrons. The highest BCUT2D eigenvalue weighted by molar-refractivity contribution is 6.16. The summed E-state index contributed by atoms with van der Waals surface area (Å²) in [4.78, 5) is 11.3. The van der Waals surface area contributed by atoms with Crippen LogP contribution < -0.4 is 4.74 Å². The number of methoxy groups -OCH3 is 1. The third-order valence-electron chi connectivity index (χ3n) is 3.30. The van der Waals surface area contributed by atoms with Gasteiger partial charge >= 0.3 is 0 Å². The van der Waals surface area contributed by atoms with E-state index in [9.17, 15) is 0 Å². The monoisotopic (exact) mass is 310 g/mol. The minimum absolute atomic E-state index is 0.0860. The van der Waals surface area contributed by atoms with Crippen molar-refractivity contribution in [3.63, 3.8) is 0 Å². The zero-order chi connectivity index (χ0) is 15.6. The van der Waals surface area contributed by atoms with Crippen LogP contribution in [0, 0.1) is 5.41 Å². The Labute approximate surface area is 130 Å². The first-order valence-electron chi connectivity index (χ1n) is 6.97. The van der Waals surface area contributed by atoms with Crippen LogP contribution in [-0.2, 0) is 12.4 Å². The molecular weight excluding hydrogens is 288 g/mol. The van der Waals surface area contributed by atoms with E-state index in [0.717, 1.165) is 30.1 Å². The van der Waals surface area contributed by atoms with E-state index in [1.54, 1.807) is 7.11 Å². The molecule has 0 saturated carbocycles. The summed E-state index contributed by atoms with van der Waals surface area (Å²) in [7, 11) is 5.78. The van der Waals surface area contributed by atoms with Gasteiger partial charge in [0.15, 0.2) is 5.65 Å². The molecule has 0 unspecified atom stereocenters. The van der Waals surface area contributed by atoms with Crippen LogP contribution in [0.4, 0.5) is 0 Å². The largest absolute Gasteiger partial charge is 0.481 e. The zero-order valence-corrected chi connectivity index (χ0v) is 14.1. The Bertz CT molecular complexity index is 621. The molecule has 0 radical (unpaired) electrons. The van der Waals surface area contributed by atoms with Crippen molar-refractivity contribution in [3.8, 4) is 5.88 Å². The lowest BCUT2D eigenvalue weighted by molar-refractivity contribution is 0.211. The molecule has 0 aliphatic rings. The number of pyridine rings is 1. The summed E-state index contributed by atoms with van der Waals surface area (Å²) in [5, 5.41) is 0. The summed E-state index contributed by atoms with van der Waals surface area (Å²) in [6.07, 6.45) is 0. The van der Waals surface area contributed by atoms with Crippen LogP contribution in [0.3, 0.4) is 0 Å². The summed E-state index contributed by atoms with van der Waals surface area (Å²) in [5.41, 5.74) is 1.77. The number of imidazole rings is 1. The minimum atomic E-state index is 0.0860. The van der Waals surface area contributed by atoms with Crippen molar-refractivity contribution in [1.29, 1.82) is 0 Å². The molecule has 0 fully saturated rings. The van der Waals surface area contributed by atoms with Gasteiger partial charge in [0.2, 0.25) is 5.88 Å². The fraction of sp³-hybridized carbons (Fsp3) is 0.600. The number of hydrogen-bond donors (Lipinski definition) is 0. The van der Waals surface area contributed by atoms with Gasteiger partial charge < -0.3 is 14.2 Å². The lowest BCUT2D eigenvalue weighted by atomic mass is 9.93. The number of fused-ring (bicyclic) bond motifs is 1. The predicted octanol–water partition coefficient (Wildman–Crippen LogP) is 2.77. The van der Waals surface area contributed by atoms with Gasteiger partial charge in [-0.3, -0.25) is 0 Å². The number of aromatic nitrogens is 3. The summed E-state index contributed by atoms with van der Waals surface area (Å²) in [6, 6.07) is 3.75. The van der Waals surface area contributed by atoms with Gasteiger partial charge in [0.25, 0.3) is 0 Å². The topological polar surface area (TPSA) is 43.2 Å². The maximum Gasteiger partial charge on any atom is 0.215 e. The molecule has 21 heavy (non-hydrogen) atoms. The molecule has 2 aromatic rings. The fourth-order valence-electron chi connectivity index (χ4n) is 2.75. The first-order chi connectivity index (χ1) is 9.86. The molecule has 0 bridgehead atoms. The molecular formula is C15H23ClN4O. The first kappa shape index (κ1) is 16.0. The molecule has 0 aliphatic carbocycles. The molecule has 2 heterocycles. The fourth-order valence-corrected chi connectivity index (χ4v) is 2.95. The second-order valence-corrected chi connectivity index (χ2v) is 6.61. The quantitative estimate of drug-likeness (QED) is 0.770. The number of nitrogens with zero attached hydrogens (tertiary/aromatic N) is 4. The van der Waals surface area contributed by atoms with Crippen molar-refractivity contribution < 1.29 is 4.74 Å². The molecule has 0 amide bonds. The van der Waals surface area contributed by atoms with Gasteiger partial charge in [0.1, 0.15) is 11.3 Å². The van der Waals surface area contributed by atoms with Crippen LogP contribution in [0.2, 0.25) is 0 Å². The van der Waals surface area contributed by atoms with Crippen LogP contribution >= 0.6 is 11.6 Å². The molecule has 5 nitrogen and oxygen atoms in total. The van der Waals surface area contributed by atoms with E-state index in [0.29, 0.717) is 11.8 Å². The van der Waals surface area contributed by atoms with Crippen LogP contribution in [-0.4, -0.2) is 47.2 Å². The van der Waals surface area contributed by atoms with Crippen molar-refractivity contribution in [3.05, 3.63) is 18.0 Å². The number of hydrogen-bond acceptors (Lipinski definition) is 4. The molecule has 0 aromatic carbocycles. The average molecular weight is 311 g/mol. The molecule has 0 spiro atoms. The van der Waals surface area contributed by atoms with E-state index in [1.165, 1.54) is 0 Å². The zero-order valence-electron chi connectivity index (χ0n) is 13.4. The predicted molar refractivity (Wildman–Crippen MR) is 86.0 cm³/mol. The Hall–Kier alpha value is -1.33.